The number of carbonyl (C=O) groups is 1. The number of halogens is 1. The van der Waals surface area contributed by atoms with E-state index < -0.39 is 9.84 Å². The van der Waals surface area contributed by atoms with Crippen molar-refractivity contribution in [2.75, 3.05) is 18.6 Å². The molecule has 2 rings (SSSR count). The molecule has 1 aliphatic rings. The van der Waals surface area contributed by atoms with E-state index in [0.29, 0.717) is 18.4 Å². The lowest BCUT2D eigenvalue weighted by Gasteiger charge is -2.23. The molecule has 1 aromatic heterocycles. The van der Waals surface area contributed by atoms with Crippen LogP contribution in [-0.2, 0) is 16.3 Å². The second kappa shape index (κ2) is 5.69. The maximum Gasteiger partial charge on any atom is 0.254 e. The molecule has 0 N–H and O–H groups in total. The first-order chi connectivity index (χ1) is 9.32. The van der Waals surface area contributed by atoms with Crippen LogP contribution in [0, 0.1) is 0 Å². The van der Waals surface area contributed by atoms with Crippen molar-refractivity contribution in [2.45, 2.75) is 25.8 Å². The summed E-state index contributed by atoms with van der Waals surface area (Å²) in [5.41, 5.74) is 1.20. The smallest absolute Gasteiger partial charge is 0.254 e. The van der Waals surface area contributed by atoms with Gasteiger partial charge in [0.05, 0.1) is 11.5 Å². The van der Waals surface area contributed by atoms with Crippen molar-refractivity contribution in [2.24, 2.45) is 0 Å². The second-order valence-electron chi connectivity index (χ2n) is 5.00. The molecule has 0 aromatic carbocycles. The highest BCUT2D eigenvalue weighted by Gasteiger charge is 2.33. The van der Waals surface area contributed by atoms with Crippen molar-refractivity contribution < 1.29 is 13.2 Å². The Morgan fingerprint density at radius 2 is 2.20 bits per heavy atom. The molecule has 0 radical (unpaired) electrons. The molecule has 1 saturated heterocycles. The number of rotatable bonds is 3. The highest BCUT2D eigenvalue weighted by Crippen LogP contribution is 2.20. The van der Waals surface area contributed by atoms with Crippen LogP contribution in [0.1, 0.15) is 29.4 Å². The Bertz CT molecular complexity index is 631. The third-order valence-electron chi connectivity index (χ3n) is 3.53. The lowest BCUT2D eigenvalue weighted by atomic mass is 10.1. The quantitative estimate of drug-likeness (QED) is 0.794. The molecular weight excluding hydrogens is 300 g/mol. The summed E-state index contributed by atoms with van der Waals surface area (Å²) in [7, 11) is -1.38. The minimum atomic E-state index is -3.01. The fourth-order valence-corrected chi connectivity index (χ4v) is 4.31. The van der Waals surface area contributed by atoms with Crippen LogP contribution >= 0.6 is 11.6 Å². The molecular formula is C13H17ClN2O3S. The Balaban J connectivity index is 2.21. The molecule has 1 fully saturated rings. The molecule has 1 aromatic rings. The van der Waals surface area contributed by atoms with E-state index in [4.69, 9.17) is 11.6 Å². The van der Waals surface area contributed by atoms with Gasteiger partial charge in [-0.25, -0.2) is 13.4 Å². The average Bonchev–Trinajstić information content (AvgIpc) is 2.76. The van der Waals surface area contributed by atoms with Crippen LogP contribution in [0.5, 0.6) is 0 Å². The zero-order chi connectivity index (χ0) is 14.9. The van der Waals surface area contributed by atoms with Gasteiger partial charge in [0, 0.05) is 24.3 Å². The van der Waals surface area contributed by atoms with Gasteiger partial charge in [0.15, 0.2) is 9.84 Å². The van der Waals surface area contributed by atoms with E-state index in [0.717, 1.165) is 5.69 Å². The summed E-state index contributed by atoms with van der Waals surface area (Å²) in [5.74, 6) is -0.0347. The topological polar surface area (TPSA) is 67.3 Å². The molecule has 110 valence electrons. The van der Waals surface area contributed by atoms with Gasteiger partial charge >= 0.3 is 0 Å². The molecule has 1 aliphatic heterocycles. The van der Waals surface area contributed by atoms with E-state index in [1.54, 1.807) is 13.1 Å². The molecule has 7 heteroatoms. The Morgan fingerprint density at radius 1 is 1.50 bits per heavy atom. The summed E-state index contributed by atoms with van der Waals surface area (Å²) in [6, 6.07) is 2.96. The Labute approximate surface area is 123 Å². The first kappa shape index (κ1) is 15.3. The van der Waals surface area contributed by atoms with Crippen molar-refractivity contribution in [3.63, 3.8) is 0 Å². The van der Waals surface area contributed by atoms with Gasteiger partial charge in [-0.15, -0.1) is 0 Å². The predicted molar refractivity (Wildman–Crippen MR) is 77.8 cm³/mol. The van der Waals surface area contributed by atoms with Gasteiger partial charge in [-0.05, 0) is 25.0 Å². The van der Waals surface area contributed by atoms with Crippen molar-refractivity contribution in [1.29, 1.82) is 0 Å². The highest BCUT2D eigenvalue weighted by molar-refractivity contribution is 7.91. The van der Waals surface area contributed by atoms with Crippen molar-refractivity contribution in [3.05, 3.63) is 28.5 Å². The molecule has 0 bridgehead atoms. The molecule has 5 nitrogen and oxygen atoms in total. The van der Waals surface area contributed by atoms with Crippen molar-refractivity contribution in [3.8, 4) is 0 Å². The Kier molecular flexibility index (Phi) is 4.34. The first-order valence-electron chi connectivity index (χ1n) is 6.46. The first-order valence-corrected chi connectivity index (χ1v) is 8.66. The number of sulfone groups is 1. The van der Waals surface area contributed by atoms with Gasteiger partial charge in [0.25, 0.3) is 5.91 Å². The molecule has 1 unspecified atom stereocenters. The van der Waals surface area contributed by atoms with E-state index in [1.807, 2.05) is 6.92 Å². The lowest BCUT2D eigenvalue weighted by Crippen LogP contribution is -2.37. The predicted octanol–water partition coefficient (Wildman–Crippen LogP) is 1.56. The van der Waals surface area contributed by atoms with Gasteiger partial charge in [0.1, 0.15) is 5.15 Å². The minimum Gasteiger partial charge on any atom is -0.338 e. The normalized spacial score (nSPS) is 20.9. The number of hydrogen-bond acceptors (Lipinski definition) is 4. The van der Waals surface area contributed by atoms with Crippen LogP contribution in [0.2, 0.25) is 5.15 Å². The van der Waals surface area contributed by atoms with E-state index in [-0.39, 0.29) is 28.6 Å². The molecule has 20 heavy (non-hydrogen) atoms. The average molecular weight is 317 g/mol. The van der Waals surface area contributed by atoms with Gasteiger partial charge in [-0.2, -0.15) is 0 Å². The monoisotopic (exact) mass is 316 g/mol. The molecule has 1 amide bonds. The molecule has 1 atom stereocenters. The largest absolute Gasteiger partial charge is 0.338 e. The minimum absolute atomic E-state index is 0.0364. The number of carbonyl (C=O) groups excluding carboxylic acids is 1. The van der Waals surface area contributed by atoms with Gasteiger partial charge < -0.3 is 4.90 Å². The number of nitrogens with zero attached hydrogens (tertiary/aromatic N) is 2. The number of aromatic nitrogens is 1. The number of aryl methyl sites for hydroxylation is 1. The van der Waals surface area contributed by atoms with E-state index in [1.165, 1.54) is 11.0 Å². The summed E-state index contributed by atoms with van der Waals surface area (Å²) in [6.45, 7) is 1.93. The van der Waals surface area contributed by atoms with Gasteiger partial charge in [-0.3, -0.25) is 4.79 Å². The van der Waals surface area contributed by atoms with E-state index in [9.17, 15) is 13.2 Å². The van der Waals surface area contributed by atoms with E-state index in [2.05, 4.69) is 4.98 Å². The van der Waals surface area contributed by atoms with Crippen LogP contribution in [0.4, 0.5) is 0 Å². The highest BCUT2D eigenvalue weighted by atomic mass is 35.5. The summed E-state index contributed by atoms with van der Waals surface area (Å²) in [6.07, 6.45) is 1.17. The zero-order valence-corrected chi connectivity index (χ0v) is 13.0. The van der Waals surface area contributed by atoms with Crippen LogP contribution in [0.3, 0.4) is 0 Å². The fraction of sp³-hybridized carbons (Fsp3) is 0.538. The molecule has 0 saturated carbocycles. The molecule has 0 spiro atoms. The number of amides is 1. The SMILES string of the molecule is CCc1cc(C(=O)N(C)C2CCS(=O)(=O)C2)cc(Cl)n1. The maximum atomic E-state index is 12.4. The van der Waals surface area contributed by atoms with Crippen LogP contribution < -0.4 is 0 Å². The third-order valence-corrected chi connectivity index (χ3v) is 5.48. The molecule has 2 heterocycles. The number of hydrogen-bond donors (Lipinski definition) is 0. The summed E-state index contributed by atoms with van der Waals surface area (Å²) in [5, 5.41) is 0.278. The van der Waals surface area contributed by atoms with Gasteiger partial charge in [0.2, 0.25) is 0 Å². The Hall–Kier alpha value is -1.14. The maximum absolute atomic E-state index is 12.4. The summed E-state index contributed by atoms with van der Waals surface area (Å²) >= 11 is 5.90. The third kappa shape index (κ3) is 3.30. The van der Waals surface area contributed by atoms with Crippen LogP contribution in [0.25, 0.3) is 0 Å². The van der Waals surface area contributed by atoms with Gasteiger partial charge in [-0.1, -0.05) is 18.5 Å². The van der Waals surface area contributed by atoms with Crippen molar-refractivity contribution in [1.82, 2.24) is 9.88 Å². The standard InChI is InChI=1S/C13H17ClN2O3S/c1-3-10-6-9(7-12(14)15-10)13(17)16(2)11-4-5-20(18,19)8-11/h6-7,11H,3-5,8H2,1-2H3. The Morgan fingerprint density at radius 3 is 2.75 bits per heavy atom. The summed E-state index contributed by atoms with van der Waals surface area (Å²) in [4.78, 5) is 18.0. The summed E-state index contributed by atoms with van der Waals surface area (Å²) < 4.78 is 23.0. The molecule has 0 aliphatic carbocycles. The fourth-order valence-electron chi connectivity index (χ4n) is 2.31. The number of pyridine rings is 1. The van der Waals surface area contributed by atoms with Crippen LogP contribution in [-0.4, -0.2) is 48.8 Å². The second-order valence-corrected chi connectivity index (χ2v) is 7.61. The van der Waals surface area contributed by atoms with E-state index >= 15 is 0 Å². The van der Waals surface area contributed by atoms with Crippen LogP contribution in [0.15, 0.2) is 12.1 Å². The lowest BCUT2D eigenvalue weighted by molar-refractivity contribution is 0.0747. The zero-order valence-electron chi connectivity index (χ0n) is 11.5. The van der Waals surface area contributed by atoms with Crippen molar-refractivity contribution >= 4 is 27.3 Å².